The number of hydrogen-bond acceptors (Lipinski definition) is 2. The van der Waals surface area contributed by atoms with Crippen LogP contribution in [-0.2, 0) is 4.74 Å². The summed E-state index contributed by atoms with van der Waals surface area (Å²) in [4.78, 5) is 0. The van der Waals surface area contributed by atoms with Crippen molar-refractivity contribution in [2.45, 2.75) is 43.7 Å². The quantitative estimate of drug-likeness (QED) is 0.808. The van der Waals surface area contributed by atoms with Crippen molar-refractivity contribution < 1.29 is 4.74 Å². The standard InChI is InChI=1S/C14H17Br2NO/c15-11-3-1-4-12(16)13(11)17-10-5-8-18-14(9-10)6-2-7-14/h1,3-4,10,17H,2,5-9H2. The van der Waals surface area contributed by atoms with Crippen molar-refractivity contribution in [3.63, 3.8) is 0 Å². The van der Waals surface area contributed by atoms with Gasteiger partial charge in [0.15, 0.2) is 0 Å². The van der Waals surface area contributed by atoms with Crippen molar-refractivity contribution in [2.75, 3.05) is 11.9 Å². The second-order valence-corrected chi connectivity index (χ2v) is 7.02. The summed E-state index contributed by atoms with van der Waals surface area (Å²) in [5, 5.41) is 3.67. The van der Waals surface area contributed by atoms with E-state index in [1.165, 1.54) is 24.9 Å². The summed E-state index contributed by atoms with van der Waals surface area (Å²) in [6.07, 6.45) is 6.03. The Kier molecular flexibility index (Phi) is 3.70. The molecule has 0 amide bonds. The van der Waals surface area contributed by atoms with Crippen LogP contribution in [0.25, 0.3) is 0 Å². The summed E-state index contributed by atoms with van der Waals surface area (Å²) in [6.45, 7) is 0.889. The van der Waals surface area contributed by atoms with Crippen LogP contribution in [-0.4, -0.2) is 18.2 Å². The molecule has 2 nitrogen and oxygen atoms in total. The number of anilines is 1. The molecule has 1 saturated heterocycles. The molecule has 1 unspecified atom stereocenters. The number of para-hydroxylation sites is 1. The first kappa shape index (κ1) is 12.9. The van der Waals surface area contributed by atoms with Gasteiger partial charge in [0.2, 0.25) is 0 Å². The van der Waals surface area contributed by atoms with Crippen molar-refractivity contribution in [3.05, 3.63) is 27.1 Å². The predicted octanol–water partition coefficient (Wildman–Crippen LogP) is 4.73. The molecule has 1 spiro atoms. The van der Waals surface area contributed by atoms with E-state index in [0.717, 1.165) is 28.4 Å². The Hall–Kier alpha value is -0.0600. The molecule has 1 aromatic rings. The fourth-order valence-electron chi connectivity index (χ4n) is 2.91. The third-order valence-electron chi connectivity index (χ3n) is 4.07. The molecular weight excluding hydrogens is 358 g/mol. The number of halogens is 2. The van der Waals surface area contributed by atoms with E-state index in [2.05, 4.69) is 49.3 Å². The molecule has 2 aliphatic rings. The fraction of sp³-hybridized carbons (Fsp3) is 0.571. The average Bonchev–Trinajstić information content (AvgIpc) is 2.33. The van der Waals surface area contributed by atoms with E-state index in [1.807, 2.05) is 6.07 Å². The molecule has 98 valence electrons. The minimum Gasteiger partial charge on any atom is -0.380 e. The fourth-order valence-corrected chi connectivity index (χ4v) is 4.14. The van der Waals surface area contributed by atoms with E-state index >= 15 is 0 Å². The lowest BCUT2D eigenvalue weighted by atomic mass is 9.74. The number of rotatable bonds is 2. The summed E-state index contributed by atoms with van der Waals surface area (Å²) >= 11 is 7.22. The molecule has 1 saturated carbocycles. The first-order valence-electron chi connectivity index (χ1n) is 6.53. The number of benzene rings is 1. The van der Waals surface area contributed by atoms with Gasteiger partial charge in [0.1, 0.15) is 0 Å². The van der Waals surface area contributed by atoms with Crippen LogP contribution < -0.4 is 5.32 Å². The summed E-state index contributed by atoms with van der Waals surface area (Å²) in [5.74, 6) is 0. The highest BCUT2D eigenvalue weighted by atomic mass is 79.9. The Morgan fingerprint density at radius 2 is 1.94 bits per heavy atom. The minimum atomic E-state index is 0.198. The lowest BCUT2D eigenvalue weighted by molar-refractivity contribution is -0.130. The number of nitrogens with one attached hydrogen (secondary N) is 1. The van der Waals surface area contributed by atoms with Crippen LogP contribution >= 0.6 is 31.9 Å². The van der Waals surface area contributed by atoms with E-state index in [1.54, 1.807) is 0 Å². The van der Waals surface area contributed by atoms with Gasteiger partial charge in [-0.25, -0.2) is 0 Å². The van der Waals surface area contributed by atoms with Gasteiger partial charge in [-0.05, 0) is 76.1 Å². The van der Waals surface area contributed by atoms with Gasteiger partial charge in [0.25, 0.3) is 0 Å². The van der Waals surface area contributed by atoms with Crippen LogP contribution in [0.1, 0.15) is 32.1 Å². The zero-order valence-electron chi connectivity index (χ0n) is 10.2. The molecule has 3 rings (SSSR count). The smallest absolute Gasteiger partial charge is 0.0702 e. The van der Waals surface area contributed by atoms with Crippen LogP contribution in [0.15, 0.2) is 27.1 Å². The number of ether oxygens (including phenoxy) is 1. The first-order valence-corrected chi connectivity index (χ1v) is 8.12. The molecule has 0 bridgehead atoms. The van der Waals surface area contributed by atoms with Crippen molar-refractivity contribution in [2.24, 2.45) is 0 Å². The summed E-state index contributed by atoms with van der Waals surface area (Å²) in [6, 6.07) is 6.71. The van der Waals surface area contributed by atoms with Gasteiger partial charge >= 0.3 is 0 Å². The van der Waals surface area contributed by atoms with Crippen LogP contribution in [0.5, 0.6) is 0 Å². The Morgan fingerprint density at radius 1 is 1.22 bits per heavy atom. The van der Waals surface area contributed by atoms with E-state index in [0.29, 0.717) is 6.04 Å². The van der Waals surface area contributed by atoms with Gasteiger partial charge in [-0.3, -0.25) is 0 Å². The normalized spacial score (nSPS) is 25.8. The van der Waals surface area contributed by atoms with E-state index in [4.69, 9.17) is 4.74 Å². The molecule has 1 heterocycles. The van der Waals surface area contributed by atoms with Gasteiger partial charge in [0.05, 0.1) is 11.3 Å². The molecule has 18 heavy (non-hydrogen) atoms. The lowest BCUT2D eigenvalue weighted by Crippen LogP contribution is -2.49. The summed E-state index contributed by atoms with van der Waals surface area (Å²) in [7, 11) is 0. The molecule has 2 fully saturated rings. The van der Waals surface area contributed by atoms with Crippen LogP contribution in [0.3, 0.4) is 0 Å². The maximum Gasteiger partial charge on any atom is 0.0702 e. The highest BCUT2D eigenvalue weighted by Crippen LogP contribution is 2.43. The average molecular weight is 375 g/mol. The van der Waals surface area contributed by atoms with E-state index in [-0.39, 0.29) is 5.60 Å². The Bertz CT molecular complexity index is 425. The minimum absolute atomic E-state index is 0.198. The zero-order valence-corrected chi connectivity index (χ0v) is 13.4. The van der Waals surface area contributed by atoms with Crippen LogP contribution in [0, 0.1) is 0 Å². The maximum atomic E-state index is 5.97. The Balaban J connectivity index is 1.72. The maximum absolute atomic E-state index is 5.97. The van der Waals surface area contributed by atoms with Crippen LogP contribution in [0.2, 0.25) is 0 Å². The highest BCUT2D eigenvalue weighted by Gasteiger charge is 2.42. The molecule has 0 radical (unpaired) electrons. The SMILES string of the molecule is Brc1cccc(Br)c1NC1CCOC2(CCC2)C1. The van der Waals surface area contributed by atoms with Crippen molar-refractivity contribution in [1.29, 1.82) is 0 Å². The molecule has 1 aliphatic carbocycles. The topological polar surface area (TPSA) is 21.3 Å². The monoisotopic (exact) mass is 373 g/mol. The predicted molar refractivity (Wildman–Crippen MR) is 81.0 cm³/mol. The van der Waals surface area contributed by atoms with Crippen molar-refractivity contribution in [1.82, 2.24) is 0 Å². The second-order valence-electron chi connectivity index (χ2n) is 5.32. The van der Waals surface area contributed by atoms with E-state index < -0.39 is 0 Å². The molecule has 1 aromatic carbocycles. The first-order chi connectivity index (χ1) is 8.69. The highest BCUT2D eigenvalue weighted by molar-refractivity contribution is 9.11. The van der Waals surface area contributed by atoms with Gasteiger partial charge in [-0.1, -0.05) is 6.07 Å². The van der Waals surface area contributed by atoms with Gasteiger partial charge in [-0.2, -0.15) is 0 Å². The summed E-state index contributed by atoms with van der Waals surface area (Å²) in [5.41, 5.74) is 1.36. The van der Waals surface area contributed by atoms with Crippen LogP contribution in [0.4, 0.5) is 5.69 Å². The molecular formula is C14H17Br2NO. The zero-order chi connectivity index (χ0) is 12.6. The molecule has 1 atom stereocenters. The molecule has 0 aromatic heterocycles. The van der Waals surface area contributed by atoms with Crippen molar-refractivity contribution >= 4 is 37.5 Å². The summed E-state index contributed by atoms with van der Waals surface area (Å²) < 4.78 is 8.20. The second kappa shape index (κ2) is 5.14. The number of hydrogen-bond donors (Lipinski definition) is 1. The third kappa shape index (κ3) is 2.47. The van der Waals surface area contributed by atoms with Gasteiger partial charge in [-0.15, -0.1) is 0 Å². The largest absolute Gasteiger partial charge is 0.380 e. The van der Waals surface area contributed by atoms with Gasteiger partial charge < -0.3 is 10.1 Å². The van der Waals surface area contributed by atoms with E-state index in [9.17, 15) is 0 Å². The molecule has 1 aliphatic heterocycles. The third-order valence-corrected chi connectivity index (χ3v) is 5.39. The molecule has 4 heteroatoms. The van der Waals surface area contributed by atoms with Gasteiger partial charge in [0, 0.05) is 21.6 Å². The Labute approximate surface area is 125 Å². The van der Waals surface area contributed by atoms with Crippen molar-refractivity contribution in [3.8, 4) is 0 Å². The lowest BCUT2D eigenvalue weighted by Gasteiger charge is -2.47. The molecule has 1 N–H and O–H groups in total. The Morgan fingerprint density at radius 3 is 2.56 bits per heavy atom.